The highest BCUT2D eigenvalue weighted by Crippen LogP contribution is 2.26. The van der Waals surface area contributed by atoms with Crippen LogP contribution < -0.4 is 10.6 Å². The van der Waals surface area contributed by atoms with Crippen LogP contribution in [0.5, 0.6) is 0 Å². The summed E-state index contributed by atoms with van der Waals surface area (Å²) < 4.78 is 12.2. The minimum absolute atomic E-state index is 0.0583. The van der Waals surface area contributed by atoms with E-state index in [1.54, 1.807) is 31.2 Å². The Hall–Kier alpha value is -3.99. The fourth-order valence-electron chi connectivity index (χ4n) is 4.02. The third-order valence-corrected chi connectivity index (χ3v) is 6.27. The molecule has 0 aliphatic carbocycles. The number of benzene rings is 1. The number of aliphatic hydroxyl groups excluding tert-OH is 1. The maximum Gasteiger partial charge on any atom is 0.328 e. The van der Waals surface area contributed by atoms with Crippen molar-refractivity contribution in [1.29, 1.82) is 0 Å². The largest absolute Gasteiger partial charge is 0.464 e. The van der Waals surface area contributed by atoms with Crippen LogP contribution in [0.3, 0.4) is 0 Å². The van der Waals surface area contributed by atoms with Crippen LogP contribution in [-0.4, -0.2) is 63.0 Å². The zero-order valence-electron chi connectivity index (χ0n) is 23.1. The van der Waals surface area contributed by atoms with Crippen molar-refractivity contribution >= 4 is 17.8 Å². The maximum absolute atomic E-state index is 13.2. The lowest BCUT2D eigenvalue weighted by Gasteiger charge is -2.20. The standard InChI is InChI=1S/C28H37N5O6/c1-6-20(7-2)30-26(36)23-16-29-27(39-23)19-11-9-10-18(14-19)21-15-22(33(32-21)12-13-34)25(35)31-24(17(4)5)28(37)38-8-3/h9-11,14-17,20,24,34H,6-8,12-13H2,1-5H3,(H,30,36)(H,31,35)/t24-/m0/s1. The van der Waals surface area contributed by atoms with Crippen molar-refractivity contribution < 1.29 is 28.6 Å². The lowest BCUT2D eigenvalue weighted by atomic mass is 10.0. The van der Waals surface area contributed by atoms with Crippen LogP contribution in [-0.2, 0) is 16.1 Å². The molecule has 2 heterocycles. The number of carbonyl (C=O) groups is 3. The van der Waals surface area contributed by atoms with E-state index < -0.39 is 17.9 Å². The molecule has 0 saturated heterocycles. The Morgan fingerprint density at radius 3 is 2.41 bits per heavy atom. The van der Waals surface area contributed by atoms with Crippen LogP contribution in [0.1, 0.15) is 68.5 Å². The van der Waals surface area contributed by atoms with E-state index in [2.05, 4.69) is 20.7 Å². The molecule has 1 atom stereocenters. The predicted molar refractivity (Wildman–Crippen MR) is 145 cm³/mol. The Balaban J connectivity index is 1.87. The van der Waals surface area contributed by atoms with Crippen molar-refractivity contribution in [1.82, 2.24) is 25.4 Å². The third kappa shape index (κ3) is 7.32. The van der Waals surface area contributed by atoms with Gasteiger partial charge in [0.05, 0.1) is 31.6 Å². The Morgan fingerprint density at radius 1 is 1.05 bits per heavy atom. The van der Waals surface area contributed by atoms with Gasteiger partial charge in [-0.3, -0.25) is 14.3 Å². The van der Waals surface area contributed by atoms with E-state index in [1.165, 1.54) is 10.9 Å². The van der Waals surface area contributed by atoms with Gasteiger partial charge in [-0.2, -0.15) is 5.10 Å². The number of aliphatic hydroxyl groups is 1. The summed E-state index contributed by atoms with van der Waals surface area (Å²) in [5, 5.41) is 19.7. The molecule has 1 aromatic carbocycles. The molecule has 11 heteroatoms. The SMILES string of the molecule is CCOC(=O)[C@@H](NC(=O)c1cc(-c2cccc(-c3ncc(C(=O)NC(CC)CC)o3)c2)nn1CCO)C(C)C. The van der Waals surface area contributed by atoms with Crippen molar-refractivity contribution in [2.75, 3.05) is 13.2 Å². The monoisotopic (exact) mass is 539 g/mol. The average Bonchev–Trinajstić information content (AvgIpc) is 3.59. The summed E-state index contributed by atoms with van der Waals surface area (Å²) in [6.07, 6.45) is 3.02. The number of esters is 1. The van der Waals surface area contributed by atoms with Crippen molar-refractivity contribution in [3.05, 3.63) is 48.0 Å². The Bertz CT molecular complexity index is 1280. The lowest BCUT2D eigenvalue weighted by molar-refractivity contribution is -0.146. The first-order chi connectivity index (χ1) is 18.7. The van der Waals surface area contributed by atoms with E-state index in [4.69, 9.17) is 9.15 Å². The first-order valence-corrected chi connectivity index (χ1v) is 13.3. The molecule has 0 saturated carbocycles. The number of hydrogen-bond donors (Lipinski definition) is 3. The second kappa shape index (κ2) is 13.7. The molecule has 0 spiro atoms. The van der Waals surface area contributed by atoms with Gasteiger partial charge in [0.25, 0.3) is 11.8 Å². The zero-order chi connectivity index (χ0) is 28.5. The molecule has 0 bridgehead atoms. The van der Waals surface area contributed by atoms with E-state index in [0.29, 0.717) is 16.8 Å². The molecule has 0 unspecified atom stereocenters. The molecule has 0 aliphatic rings. The van der Waals surface area contributed by atoms with Crippen LogP contribution in [0.4, 0.5) is 0 Å². The van der Waals surface area contributed by atoms with Crippen molar-refractivity contribution in [2.45, 2.75) is 66.1 Å². The number of carbonyl (C=O) groups excluding carboxylic acids is 3. The van der Waals surface area contributed by atoms with Crippen molar-refractivity contribution in [3.8, 4) is 22.7 Å². The highest BCUT2D eigenvalue weighted by Gasteiger charge is 2.28. The molecule has 2 aromatic heterocycles. The number of oxazole rings is 1. The first kappa shape index (κ1) is 29.6. The third-order valence-electron chi connectivity index (χ3n) is 6.27. The molecule has 3 rings (SSSR count). The summed E-state index contributed by atoms with van der Waals surface area (Å²) in [5.74, 6) is -1.14. The highest BCUT2D eigenvalue weighted by molar-refractivity contribution is 5.96. The van der Waals surface area contributed by atoms with E-state index >= 15 is 0 Å². The van der Waals surface area contributed by atoms with Gasteiger partial charge < -0.3 is 24.9 Å². The Kier molecular flexibility index (Phi) is 10.4. The van der Waals surface area contributed by atoms with Crippen LogP contribution >= 0.6 is 0 Å². The van der Waals surface area contributed by atoms with Crippen LogP contribution in [0.15, 0.2) is 40.9 Å². The van der Waals surface area contributed by atoms with E-state index in [-0.39, 0.29) is 55.0 Å². The van der Waals surface area contributed by atoms with Gasteiger partial charge in [0.2, 0.25) is 11.7 Å². The number of ether oxygens (including phenoxy) is 1. The first-order valence-electron chi connectivity index (χ1n) is 13.3. The van der Waals surface area contributed by atoms with Crippen LogP contribution in [0.2, 0.25) is 0 Å². The minimum atomic E-state index is -0.831. The summed E-state index contributed by atoms with van der Waals surface area (Å²) in [5.41, 5.74) is 1.96. The quantitative estimate of drug-likeness (QED) is 0.280. The zero-order valence-corrected chi connectivity index (χ0v) is 23.1. The molecule has 39 heavy (non-hydrogen) atoms. The number of hydrogen-bond acceptors (Lipinski definition) is 8. The molecule has 210 valence electrons. The fourth-order valence-corrected chi connectivity index (χ4v) is 4.02. The summed E-state index contributed by atoms with van der Waals surface area (Å²) in [6.45, 7) is 9.40. The Labute approximate surface area is 227 Å². The minimum Gasteiger partial charge on any atom is -0.464 e. The number of nitrogens with zero attached hydrogens (tertiary/aromatic N) is 3. The smallest absolute Gasteiger partial charge is 0.328 e. The predicted octanol–water partition coefficient (Wildman–Crippen LogP) is 3.43. The normalized spacial score (nSPS) is 12.0. The highest BCUT2D eigenvalue weighted by atomic mass is 16.5. The Morgan fingerprint density at radius 2 is 1.77 bits per heavy atom. The van der Waals surface area contributed by atoms with Gasteiger partial charge in [0.1, 0.15) is 11.7 Å². The molecule has 0 radical (unpaired) electrons. The van der Waals surface area contributed by atoms with Crippen LogP contribution in [0.25, 0.3) is 22.7 Å². The van der Waals surface area contributed by atoms with Gasteiger partial charge >= 0.3 is 5.97 Å². The van der Waals surface area contributed by atoms with Crippen molar-refractivity contribution in [3.63, 3.8) is 0 Å². The molecular formula is C28H37N5O6. The molecule has 0 fully saturated rings. The topological polar surface area (TPSA) is 149 Å². The summed E-state index contributed by atoms with van der Waals surface area (Å²) in [6, 6.07) is 8.01. The molecule has 3 aromatic rings. The van der Waals surface area contributed by atoms with Gasteiger partial charge in [-0.25, -0.2) is 9.78 Å². The van der Waals surface area contributed by atoms with E-state index in [9.17, 15) is 19.5 Å². The molecular weight excluding hydrogens is 502 g/mol. The second-order valence-corrected chi connectivity index (χ2v) is 9.41. The molecule has 11 nitrogen and oxygen atoms in total. The second-order valence-electron chi connectivity index (χ2n) is 9.41. The van der Waals surface area contributed by atoms with Crippen molar-refractivity contribution in [2.24, 2.45) is 5.92 Å². The van der Waals surface area contributed by atoms with Gasteiger partial charge in [-0.15, -0.1) is 0 Å². The number of amides is 2. The molecule has 2 amide bonds. The summed E-state index contributed by atoms with van der Waals surface area (Å²) in [7, 11) is 0. The van der Waals surface area contributed by atoms with E-state index in [1.807, 2.05) is 33.8 Å². The van der Waals surface area contributed by atoms with Gasteiger partial charge in [0.15, 0.2) is 0 Å². The van der Waals surface area contributed by atoms with Gasteiger partial charge in [-0.05, 0) is 43.9 Å². The summed E-state index contributed by atoms with van der Waals surface area (Å²) >= 11 is 0. The molecule has 3 N–H and O–H groups in total. The van der Waals surface area contributed by atoms with Crippen LogP contribution in [0, 0.1) is 5.92 Å². The average molecular weight is 540 g/mol. The number of aromatic nitrogens is 3. The number of rotatable bonds is 13. The van der Waals surface area contributed by atoms with E-state index in [0.717, 1.165) is 12.8 Å². The van der Waals surface area contributed by atoms with Gasteiger partial charge in [-0.1, -0.05) is 39.8 Å². The lowest BCUT2D eigenvalue weighted by Crippen LogP contribution is -2.45. The molecule has 0 aliphatic heterocycles. The van der Waals surface area contributed by atoms with Gasteiger partial charge in [0, 0.05) is 17.2 Å². The fraction of sp³-hybridized carbons (Fsp3) is 0.464. The maximum atomic E-state index is 13.2. The number of nitrogens with one attached hydrogen (secondary N) is 2. The summed E-state index contributed by atoms with van der Waals surface area (Å²) in [4.78, 5) is 42.3.